The van der Waals surface area contributed by atoms with Crippen molar-refractivity contribution in [3.63, 3.8) is 0 Å². The first-order chi connectivity index (χ1) is 9.63. The third kappa shape index (κ3) is 3.46. The molecule has 1 saturated heterocycles. The van der Waals surface area contributed by atoms with Crippen molar-refractivity contribution in [1.29, 1.82) is 0 Å². The summed E-state index contributed by atoms with van der Waals surface area (Å²) in [5.41, 5.74) is 1.000. The molecule has 0 atom stereocenters. The van der Waals surface area contributed by atoms with Crippen LogP contribution in [-0.4, -0.2) is 54.6 Å². The Morgan fingerprint density at radius 2 is 1.90 bits per heavy atom. The van der Waals surface area contributed by atoms with Crippen LogP contribution in [0.3, 0.4) is 0 Å². The van der Waals surface area contributed by atoms with E-state index in [0.29, 0.717) is 12.3 Å². The van der Waals surface area contributed by atoms with Crippen LogP contribution in [0.25, 0.3) is 0 Å². The van der Waals surface area contributed by atoms with E-state index in [1.165, 1.54) is 6.07 Å². The quantitative estimate of drug-likeness (QED) is 0.607. The second kappa shape index (κ2) is 6.67. The summed E-state index contributed by atoms with van der Waals surface area (Å²) in [4.78, 5) is 15.2. The molecular formula is C14H21N3O3. The molecule has 1 fully saturated rings. The zero-order valence-corrected chi connectivity index (χ0v) is 12.0. The standard InChI is InChI=1S/C14H21N3O3/c1-3-15-6-8-16(9-7-15)11-12-10-13(17(18)19)4-5-14(12)20-2/h4-5,10H,3,6-9,11H2,1-2H3. The lowest BCUT2D eigenvalue weighted by atomic mass is 10.1. The van der Waals surface area contributed by atoms with Crippen molar-refractivity contribution in [3.8, 4) is 5.75 Å². The Balaban J connectivity index is 2.08. The summed E-state index contributed by atoms with van der Waals surface area (Å²) in [6.45, 7) is 8.01. The third-order valence-electron chi connectivity index (χ3n) is 3.78. The van der Waals surface area contributed by atoms with E-state index in [9.17, 15) is 10.1 Å². The Kier molecular flexibility index (Phi) is 4.92. The summed E-state index contributed by atoms with van der Waals surface area (Å²) in [5, 5.41) is 10.9. The maximum absolute atomic E-state index is 10.9. The molecule has 2 rings (SSSR count). The number of ether oxygens (including phenoxy) is 1. The van der Waals surface area contributed by atoms with Gasteiger partial charge in [0.15, 0.2) is 0 Å². The summed E-state index contributed by atoms with van der Waals surface area (Å²) >= 11 is 0. The molecule has 0 bridgehead atoms. The molecule has 0 amide bonds. The van der Waals surface area contributed by atoms with Gasteiger partial charge in [0.2, 0.25) is 0 Å². The number of rotatable bonds is 5. The maximum Gasteiger partial charge on any atom is 0.270 e. The van der Waals surface area contributed by atoms with Crippen molar-refractivity contribution >= 4 is 5.69 Å². The van der Waals surface area contributed by atoms with Crippen LogP contribution in [0.15, 0.2) is 18.2 Å². The highest BCUT2D eigenvalue weighted by Gasteiger charge is 2.18. The number of hydrogen-bond donors (Lipinski definition) is 0. The fourth-order valence-corrected chi connectivity index (χ4v) is 2.51. The Bertz CT molecular complexity index is 471. The molecular weight excluding hydrogens is 258 g/mol. The molecule has 6 nitrogen and oxygen atoms in total. The first kappa shape index (κ1) is 14.7. The van der Waals surface area contributed by atoms with Crippen LogP contribution < -0.4 is 4.74 Å². The molecule has 0 saturated carbocycles. The van der Waals surface area contributed by atoms with Gasteiger partial charge in [-0.15, -0.1) is 0 Å². The largest absolute Gasteiger partial charge is 0.496 e. The van der Waals surface area contributed by atoms with Crippen molar-refractivity contribution in [2.45, 2.75) is 13.5 Å². The number of methoxy groups -OCH3 is 1. The minimum absolute atomic E-state index is 0.119. The summed E-state index contributed by atoms with van der Waals surface area (Å²) in [6.07, 6.45) is 0. The molecule has 0 aromatic heterocycles. The second-order valence-electron chi connectivity index (χ2n) is 4.96. The van der Waals surface area contributed by atoms with Crippen molar-refractivity contribution in [3.05, 3.63) is 33.9 Å². The fraction of sp³-hybridized carbons (Fsp3) is 0.571. The van der Waals surface area contributed by atoms with Crippen molar-refractivity contribution in [2.24, 2.45) is 0 Å². The molecule has 1 heterocycles. The summed E-state index contributed by atoms with van der Waals surface area (Å²) in [6, 6.07) is 4.78. The number of nitro benzene ring substituents is 1. The van der Waals surface area contributed by atoms with Crippen LogP contribution in [0.4, 0.5) is 5.69 Å². The van der Waals surface area contributed by atoms with Gasteiger partial charge in [-0.05, 0) is 12.6 Å². The minimum Gasteiger partial charge on any atom is -0.496 e. The lowest BCUT2D eigenvalue weighted by Gasteiger charge is -2.34. The van der Waals surface area contributed by atoms with Gasteiger partial charge in [0.05, 0.1) is 12.0 Å². The van der Waals surface area contributed by atoms with Gasteiger partial charge in [-0.3, -0.25) is 15.0 Å². The van der Waals surface area contributed by atoms with Gasteiger partial charge in [0.1, 0.15) is 5.75 Å². The van der Waals surface area contributed by atoms with Crippen LogP contribution in [0.2, 0.25) is 0 Å². The molecule has 0 N–H and O–H groups in total. The van der Waals surface area contributed by atoms with Crippen LogP contribution in [0.5, 0.6) is 5.75 Å². The van der Waals surface area contributed by atoms with Crippen LogP contribution in [0, 0.1) is 10.1 Å². The Hall–Kier alpha value is -1.66. The molecule has 0 radical (unpaired) electrons. The summed E-state index contributed by atoms with van der Waals surface area (Å²) in [5.74, 6) is 0.716. The lowest BCUT2D eigenvalue weighted by Crippen LogP contribution is -2.45. The number of piperazine rings is 1. The number of hydrogen-bond acceptors (Lipinski definition) is 5. The zero-order valence-electron chi connectivity index (χ0n) is 12.0. The van der Waals surface area contributed by atoms with E-state index in [2.05, 4.69) is 16.7 Å². The normalized spacial score (nSPS) is 17.1. The molecule has 6 heteroatoms. The van der Waals surface area contributed by atoms with Crippen LogP contribution in [-0.2, 0) is 6.54 Å². The van der Waals surface area contributed by atoms with Gasteiger partial charge in [-0.25, -0.2) is 0 Å². The topological polar surface area (TPSA) is 58.9 Å². The highest BCUT2D eigenvalue weighted by molar-refractivity contribution is 5.43. The van der Waals surface area contributed by atoms with Gasteiger partial charge >= 0.3 is 0 Å². The number of nitro groups is 1. The van der Waals surface area contributed by atoms with Crippen molar-refractivity contribution in [1.82, 2.24) is 9.80 Å². The first-order valence-electron chi connectivity index (χ1n) is 6.90. The average Bonchev–Trinajstić information content (AvgIpc) is 2.48. The molecule has 0 aliphatic carbocycles. The van der Waals surface area contributed by atoms with Gasteiger partial charge in [0, 0.05) is 50.4 Å². The minimum atomic E-state index is -0.363. The number of likely N-dealkylation sites (N-methyl/N-ethyl adjacent to an activating group) is 1. The van der Waals surface area contributed by atoms with E-state index >= 15 is 0 Å². The molecule has 110 valence electrons. The van der Waals surface area contributed by atoms with Crippen LogP contribution >= 0.6 is 0 Å². The predicted molar refractivity (Wildman–Crippen MR) is 77.0 cm³/mol. The molecule has 1 aromatic carbocycles. The molecule has 1 aliphatic heterocycles. The van der Waals surface area contributed by atoms with E-state index in [4.69, 9.17) is 4.74 Å². The van der Waals surface area contributed by atoms with Gasteiger partial charge in [-0.1, -0.05) is 6.92 Å². The monoisotopic (exact) mass is 279 g/mol. The smallest absolute Gasteiger partial charge is 0.270 e. The van der Waals surface area contributed by atoms with E-state index < -0.39 is 0 Å². The molecule has 0 spiro atoms. The molecule has 1 aliphatic rings. The first-order valence-corrected chi connectivity index (χ1v) is 6.90. The van der Waals surface area contributed by atoms with Gasteiger partial charge in [0.25, 0.3) is 5.69 Å². The second-order valence-corrected chi connectivity index (χ2v) is 4.96. The fourth-order valence-electron chi connectivity index (χ4n) is 2.51. The molecule has 0 unspecified atom stereocenters. The van der Waals surface area contributed by atoms with Gasteiger partial charge < -0.3 is 9.64 Å². The number of benzene rings is 1. The number of non-ortho nitro benzene ring substituents is 1. The van der Waals surface area contributed by atoms with Crippen molar-refractivity contribution in [2.75, 3.05) is 39.8 Å². The zero-order chi connectivity index (χ0) is 14.5. The Morgan fingerprint density at radius 3 is 2.45 bits per heavy atom. The highest BCUT2D eigenvalue weighted by atomic mass is 16.6. The third-order valence-corrected chi connectivity index (χ3v) is 3.78. The van der Waals surface area contributed by atoms with E-state index in [1.54, 1.807) is 19.2 Å². The highest BCUT2D eigenvalue weighted by Crippen LogP contribution is 2.25. The van der Waals surface area contributed by atoms with Crippen LogP contribution in [0.1, 0.15) is 12.5 Å². The van der Waals surface area contributed by atoms with E-state index in [-0.39, 0.29) is 10.6 Å². The SMILES string of the molecule is CCN1CCN(Cc2cc([N+](=O)[O-])ccc2OC)CC1. The Labute approximate surface area is 119 Å². The van der Waals surface area contributed by atoms with Crippen molar-refractivity contribution < 1.29 is 9.66 Å². The summed E-state index contributed by atoms with van der Waals surface area (Å²) in [7, 11) is 1.60. The number of nitrogens with zero attached hydrogens (tertiary/aromatic N) is 3. The average molecular weight is 279 g/mol. The molecule has 1 aromatic rings. The van der Waals surface area contributed by atoms with E-state index in [0.717, 1.165) is 38.3 Å². The molecule has 20 heavy (non-hydrogen) atoms. The lowest BCUT2D eigenvalue weighted by molar-refractivity contribution is -0.385. The van der Waals surface area contributed by atoms with E-state index in [1.807, 2.05) is 0 Å². The van der Waals surface area contributed by atoms with Gasteiger partial charge in [-0.2, -0.15) is 0 Å². The maximum atomic E-state index is 10.9. The predicted octanol–water partition coefficient (Wildman–Crippen LogP) is 1.74. The summed E-state index contributed by atoms with van der Waals surface area (Å²) < 4.78 is 5.30. The Morgan fingerprint density at radius 1 is 1.25 bits per heavy atom.